The van der Waals surface area contributed by atoms with Crippen LogP contribution in [0, 0.1) is 23.7 Å². The molecule has 4 heteroatoms. The molecule has 1 saturated carbocycles. The summed E-state index contributed by atoms with van der Waals surface area (Å²) >= 11 is 0. The number of hydrogen-bond acceptors (Lipinski definition) is 4. The number of aryl methyl sites for hydroxylation is 1. The van der Waals surface area contributed by atoms with E-state index in [0.717, 1.165) is 46.5 Å². The van der Waals surface area contributed by atoms with E-state index in [-0.39, 0.29) is 0 Å². The van der Waals surface area contributed by atoms with Crippen molar-refractivity contribution in [2.75, 3.05) is 6.54 Å². The number of benzene rings is 1. The molecule has 2 N–H and O–H groups in total. The summed E-state index contributed by atoms with van der Waals surface area (Å²) in [5.41, 5.74) is 12.3. The number of aliphatic imine (C=N–C) groups is 1. The van der Waals surface area contributed by atoms with Crippen LogP contribution < -0.4 is 5.73 Å². The Labute approximate surface area is 185 Å². The molecule has 3 rings (SSSR count). The molecule has 0 bridgehead atoms. The molecule has 1 aliphatic carbocycles. The second-order valence-corrected chi connectivity index (χ2v) is 8.37. The number of aromatic nitrogens is 1. The van der Waals surface area contributed by atoms with Gasteiger partial charge in [-0.2, -0.15) is 5.26 Å². The Morgan fingerprint density at radius 2 is 2.06 bits per heavy atom. The first kappa shape index (κ1) is 22.2. The zero-order valence-corrected chi connectivity index (χ0v) is 18.6. The van der Waals surface area contributed by atoms with Gasteiger partial charge in [0.25, 0.3) is 0 Å². The molecule has 0 saturated heterocycles. The molecule has 158 valence electrons. The molecule has 1 aromatic heterocycles. The van der Waals surface area contributed by atoms with Crippen LogP contribution in [0.1, 0.15) is 55.5 Å². The summed E-state index contributed by atoms with van der Waals surface area (Å²) in [6.07, 6.45) is 15.2. The first-order chi connectivity index (χ1) is 15.0. The molecule has 0 atom stereocenters. The lowest BCUT2D eigenvalue weighted by Gasteiger charge is -2.12. The maximum Gasteiger partial charge on any atom is 0.141 e. The Morgan fingerprint density at radius 3 is 2.71 bits per heavy atom. The Morgan fingerprint density at radius 1 is 1.26 bits per heavy atom. The quantitative estimate of drug-likeness (QED) is 0.423. The van der Waals surface area contributed by atoms with Crippen molar-refractivity contribution in [1.29, 1.82) is 5.26 Å². The van der Waals surface area contributed by atoms with Crippen LogP contribution in [0.3, 0.4) is 0 Å². The van der Waals surface area contributed by atoms with E-state index in [0.29, 0.717) is 11.1 Å². The third-order valence-electron chi connectivity index (χ3n) is 5.61. The fourth-order valence-corrected chi connectivity index (χ4v) is 3.30. The molecular weight excluding hydrogens is 380 g/mol. The molecule has 4 nitrogen and oxygen atoms in total. The molecule has 0 radical (unpaired) electrons. The van der Waals surface area contributed by atoms with Crippen molar-refractivity contribution in [3.63, 3.8) is 0 Å². The third-order valence-corrected chi connectivity index (χ3v) is 5.61. The monoisotopic (exact) mass is 410 g/mol. The van der Waals surface area contributed by atoms with E-state index in [9.17, 15) is 5.26 Å². The second-order valence-electron chi connectivity index (χ2n) is 8.37. The molecule has 0 aliphatic heterocycles. The van der Waals surface area contributed by atoms with Crippen LogP contribution in [0.25, 0.3) is 22.9 Å². The maximum atomic E-state index is 9.38. The van der Waals surface area contributed by atoms with Gasteiger partial charge in [0.05, 0.1) is 5.69 Å². The average Bonchev–Trinajstić information content (AvgIpc) is 3.52. The van der Waals surface area contributed by atoms with Crippen LogP contribution in [-0.4, -0.2) is 17.7 Å². The molecule has 0 unspecified atom stereocenters. The van der Waals surface area contributed by atoms with Crippen LogP contribution >= 0.6 is 0 Å². The largest absolute Gasteiger partial charge is 0.404 e. The van der Waals surface area contributed by atoms with Gasteiger partial charge in [-0.15, -0.1) is 0 Å². The van der Waals surface area contributed by atoms with E-state index < -0.39 is 0 Å². The predicted octanol–water partition coefficient (Wildman–Crippen LogP) is 6.08. The SMILES string of the molecule is CC/C=C/C=C\c1ccc(-c2nc(C#N)ccc2/C(C=NCC2(C)CC2)=C/N)cc1C. The normalized spacial score (nSPS) is 15.7. The number of rotatable bonds is 8. The van der Waals surface area contributed by atoms with Gasteiger partial charge in [-0.3, -0.25) is 4.99 Å². The molecule has 1 aliphatic rings. The van der Waals surface area contributed by atoms with Crippen molar-refractivity contribution in [1.82, 2.24) is 4.98 Å². The van der Waals surface area contributed by atoms with Crippen molar-refractivity contribution >= 4 is 17.9 Å². The van der Waals surface area contributed by atoms with Crippen molar-refractivity contribution in [3.05, 3.63) is 77.1 Å². The molecule has 31 heavy (non-hydrogen) atoms. The van der Waals surface area contributed by atoms with Gasteiger partial charge in [-0.05, 0) is 60.9 Å². The summed E-state index contributed by atoms with van der Waals surface area (Å²) in [5.74, 6) is 0. The highest BCUT2D eigenvalue weighted by molar-refractivity contribution is 6.11. The third kappa shape index (κ3) is 5.79. The first-order valence-electron chi connectivity index (χ1n) is 10.8. The van der Waals surface area contributed by atoms with E-state index in [1.165, 1.54) is 12.8 Å². The summed E-state index contributed by atoms with van der Waals surface area (Å²) in [5, 5.41) is 9.38. The molecule has 1 fully saturated rings. The van der Waals surface area contributed by atoms with Gasteiger partial charge in [-0.1, -0.05) is 50.3 Å². The molecule has 0 amide bonds. The predicted molar refractivity (Wildman–Crippen MR) is 130 cm³/mol. The van der Waals surface area contributed by atoms with Gasteiger partial charge in [0.15, 0.2) is 0 Å². The van der Waals surface area contributed by atoms with Gasteiger partial charge in [0, 0.05) is 35.7 Å². The highest BCUT2D eigenvalue weighted by atomic mass is 14.8. The summed E-state index contributed by atoms with van der Waals surface area (Å²) in [6, 6.07) is 12.0. The Hall–Kier alpha value is -3.45. The highest BCUT2D eigenvalue weighted by Crippen LogP contribution is 2.45. The van der Waals surface area contributed by atoms with E-state index in [4.69, 9.17) is 5.73 Å². The van der Waals surface area contributed by atoms with Gasteiger partial charge in [0.2, 0.25) is 0 Å². The Balaban J connectivity index is 1.96. The summed E-state index contributed by atoms with van der Waals surface area (Å²) < 4.78 is 0. The van der Waals surface area contributed by atoms with Crippen LogP contribution in [0.5, 0.6) is 0 Å². The van der Waals surface area contributed by atoms with Crippen molar-refractivity contribution in [2.24, 2.45) is 16.1 Å². The topological polar surface area (TPSA) is 75.1 Å². The van der Waals surface area contributed by atoms with Gasteiger partial charge >= 0.3 is 0 Å². The Bertz CT molecular complexity index is 1090. The van der Waals surface area contributed by atoms with Crippen molar-refractivity contribution < 1.29 is 0 Å². The minimum atomic E-state index is 0.342. The summed E-state index contributed by atoms with van der Waals surface area (Å²) in [7, 11) is 0. The van der Waals surface area contributed by atoms with E-state index in [1.54, 1.807) is 12.3 Å². The molecular formula is C27H30N4. The first-order valence-corrected chi connectivity index (χ1v) is 10.8. The standard InChI is InChI=1S/C27H30N4/c1-4-5-6-7-8-21-9-10-22(15-20(21)2)26-25(12-11-24(17-29)31-26)23(16-28)18-30-19-27(3)13-14-27/h5-12,15-16,18H,4,13-14,19,28H2,1-3H3/b6-5+,8-7-,23-16+,30-18?. The Kier molecular flexibility index (Phi) is 7.20. The fraction of sp³-hybridized carbons (Fsp3) is 0.296. The lowest BCUT2D eigenvalue weighted by molar-refractivity contribution is 0.591. The molecule has 0 spiro atoms. The maximum absolute atomic E-state index is 9.38. The lowest BCUT2D eigenvalue weighted by atomic mass is 9.96. The van der Waals surface area contributed by atoms with E-state index >= 15 is 0 Å². The number of pyridine rings is 1. The van der Waals surface area contributed by atoms with Gasteiger partial charge in [0.1, 0.15) is 11.8 Å². The molecule has 2 aromatic rings. The number of nitrogens with two attached hydrogens (primary N) is 1. The number of allylic oxidation sites excluding steroid dienone is 4. The molecule has 1 heterocycles. The smallest absolute Gasteiger partial charge is 0.141 e. The van der Waals surface area contributed by atoms with Crippen LogP contribution in [-0.2, 0) is 0 Å². The average molecular weight is 411 g/mol. The minimum absolute atomic E-state index is 0.342. The molecule has 1 aromatic carbocycles. The number of nitrogens with zero attached hydrogens (tertiary/aromatic N) is 3. The number of nitriles is 1. The van der Waals surface area contributed by atoms with Crippen molar-refractivity contribution in [2.45, 2.75) is 40.0 Å². The second kappa shape index (κ2) is 10.0. The van der Waals surface area contributed by atoms with Gasteiger partial charge in [-0.25, -0.2) is 4.98 Å². The van der Waals surface area contributed by atoms with E-state index in [1.807, 2.05) is 18.3 Å². The summed E-state index contributed by atoms with van der Waals surface area (Å²) in [4.78, 5) is 9.24. The lowest BCUT2D eigenvalue weighted by Crippen LogP contribution is -2.02. The zero-order chi connectivity index (χ0) is 22.3. The number of hydrogen-bond donors (Lipinski definition) is 1. The van der Waals surface area contributed by atoms with Crippen LogP contribution in [0.4, 0.5) is 0 Å². The van der Waals surface area contributed by atoms with Crippen LogP contribution in [0.15, 0.2) is 59.8 Å². The minimum Gasteiger partial charge on any atom is -0.404 e. The summed E-state index contributed by atoms with van der Waals surface area (Å²) in [6.45, 7) is 7.25. The van der Waals surface area contributed by atoms with Crippen LogP contribution in [0.2, 0.25) is 0 Å². The zero-order valence-electron chi connectivity index (χ0n) is 18.6. The van der Waals surface area contributed by atoms with Crippen molar-refractivity contribution in [3.8, 4) is 17.3 Å². The van der Waals surface area contributed by atoms with Gasteiger partial charge < -0.3 is 5.73 Å². The highest BCUT2D eigenvalue weighted by Gasteiger charge is 2.36. The van der Waals surface area contributed by atoms with E-state index in [2.05, 4.69) is 73.3 Å². The fourth-order valence-electron chi connectivity index (χ4n) is 3.30.